The molecule has 5 heteroatoms. The first-order valence-corrected chi connectivity index (χ1v) is 6.11. The van der Waals surface area contributed by atoms with Gasteiger partial charge in [0.25, 0.3) is 0 Å². The summed E-state index contributed by atoms with van der Waals surface area (Å²) in [6.45, 7) is 0.752. The van der Waals surface area contributed by atoms with Crippen molar-refractivity contribution in [2.45, 2.75) is 6.54 Å². The fraction of sp³-hybridized carbons (Fsp3) is 0.133. The summed E-state index contributed by atoms with van der Waals surface area (Å²) >= 11 is 0. The van der Waals surface area contributed by atoms with Crippen LogP contribution in [-0.4, -0.2) is 13.0 Å². The molecule has 2 aromatic carbocycles. The minimum atomic E-state index is -0.674. The zero-order chi connectivity index (χ0) is 14.5. The van der Waals surface area contributed by atoms with Crippen LogP contribution >= 0.6 is 0 Å². The van der Waals surface area contributed by atoms with Crippen LogP contribution < -0.4 is 15.8 Å². The number of benzene rings is 2. The lowest BCUT2D eigenvalue weighted by Gasteiger charge is -2.08. The van der Waals surface area contributed by atoms with Crippen molar-refractivity contribution in [3.63, 3.8) is 0 Å². The normalized spacial score (nSPS) is 10.3. The van der Waals surface area contributed by atoms with Gasteiger partial charge in [0.1, 0.15) is 5.75 Å². The van der Waals surface area contributed by atoms with Gasteiger partial charge in [-0.2, -0.15) is 0 Å². The van der Waals surface area contributed by atoms with Crippen LogP contribution in [0.5, 0.6) is 11.5 Å². The zero-order valence-corrected chi connectivity index (χ0v) is 11.0. The van der Waals surface area contributed by atoms with Gasteiger partial charge in [-0.15, -0.1) is 0 Å². The van der Waals surface area contributed by atoms with Crippen molar-refractivity contribution in [3.8, 4) is 11.5 Å². The van der Waals surface area contributed by atoms with Crippen molar-refractivity contribution in [2.75, 3.05) is 7.05 Å². The summed E-state index contributed by atoms with van der Waals surface area (Å²) in [6, 6.07) is 11.2. The number of primary amides is 1. The van der Waals surface area contributed by atoms with E-state index in [9.17, 15) is 9.18 Å². The van der Waals surface area contributed by atoms with Gasteiger partial charge in [-0.1, -0.05) is 12.1 Å². The van der Waals surface area contributed by atoms with Gasteiger partial charge in [-0.3, -0.25) is 4.79 Å². The number of hydrogen-bond donors (Lipinski definition) is 2. The van der Waals surface area contributed by atoms with Crippen LogP contribution in [-0.2, 0) is 6.54 Å². The quantitative estimate of drug-likeness (QED) is 0.880. The molecule has 2 rings (SSSR count). The standard InChI is InChI=1S/C15H15FN2O2/c1-18-9-10-2-5-12(6-3-10)20-14-7-4-11(15(17)19)8-13(14)16/h2-8,18H,9H2,1H3,(H2,17,19). The molecule has 0 heterocycles. The Bertz CT molecular complexity index is 612. The summed E-state index contributed by atoms with van der Waals surface area (Å²) in [7, 11) is 1.86. The Labute approximate surface area is 116 Å². The molecule has 0 spiro atoms. The highest BCUT2D eigenvalue weighted by molar-refractivity contribution is 5.92. The lowest BCUT2D eigenvalue weighted by atomic mass is 10.2. The second-order valence-corrected chi connectivity index (χ2v) is 4.29. The number of ether oxygens (including phenoxy) is 1. The van der Waals surface area contributed by atoms with Crippen molar-refractivity contribution in [2.24, 2.45) is 5.73 Å². The third-order valence-electron chi connectivity index (χ3n) is 2.75. The number of rotatable bonds is 5. The van der Waals surface area contributed by atoms with Crippen LogP contribution in [0.3, 0.4) is 0 Å². The molecular weight excluding hydrogens is 259 g/mol. The molecule has 3 N–H and O–H groups in total. The van der Waals surface area contributed by atoms with E-state index in [0.29, 0.717) is 5.75 Å². The lowest BCUT2D eigenvalue weighted by molar-refractivity contribution is 0.1000. The van der Waals surface area contributed by atoms with Crippen LogP contribution in [0.2, 0.25) is 0 Å². The molecule has 0 saturated heterocycles. The number of carbonyl (C=O) groups is 1. The molecule has 20 heavy (non-hydrogen) atoms. The Balaban J connectivity index is 2.15. The summed E-state index contributed by atoms with van der Waals surface area (Å²) in [5.74, 6) is -0.723. The SMILES string of the molecule is CNCc1ccc(Oc2ccc(C(N)=O)cc2F)cc1. The monoisotopic (exact) mass is 274 g/mol. The van der Waals surface area contributed by atoms with Gasteiger partial charge in [-0.05, 0) is 42.9 Å². The first kappa shape index (κ1) is 14.0. The molecule has 0 atom stereocenters. The number of hydrogen-bond acceptors (Lipinski definition) is 3. The Hall–Kier alpha value is -2.40. The molecule has 2 aromatic rings. The van der Waals surface area contributed by atoms with Crippen molar-refractivity contribution in [3.05, 3.63) is 59.4 Å². The van der Waals surface area contributed by atoms with Crippen LogP contribution in [0.25, 0.3) is 0 Å². The number of nitrogens with one attached hydrogen (secondary N) is 1. The summed E-state index contributed by atoms with van der Waals surface area (Å²) < 4.78 is 19.2. The smallest absolute Gasteiger partial charge is 0.248 e. The van der Waals surface area contributed by atoms with Gasteiger partial charge in [0.2, 0.25) is 5.91 Å². The summed E-state index contributed by atoms with van der Waals surface area (Å²) in [5.41, 5.74) is 6.29. The van der Waals surface area contributed by atoms with Crippen molar-refractivity contribution >= 4 is 5.91 Å². The van der Waals surface area contributed by atoms with Gasteiger partial charge < -0.3 is 15.8 Å². The number of halogens is 1. The molecule has 0 fully saturated rings. The lowest BCUT2D eigenvalue weighted by Crippen LogP contribution is -2.11. The molecule has 0 radical (unpaired) electrons. The molecule has 0 aliphatic rings. The predicted molar refractivity (Wildman–Crippen MR) is 74.2 cm³/mol. The second kappa shape index (κ2) is 6.16. The maximum atomic E-state index is 13.8. The minimum absolute atomic E-state index is 0.0522. The number of amides is 1. The fourth-order valence-corrected chi connectivity index (χ4v) is 1.74. The van der Waals surface area contributed by atoms with Gasteiger partial charge >= 0.3 is 0 Å². The summed E-state index contributed by atoms with van der Waals surface area (Å²) in [6.07, 6.45) is 0. The first-order chi connectivity index (χ1) is 9.60. The highest BCUT2D eigenvalue weighted by Crippen LogP contribution is 2.25. The Morgan fingerprint density at radius 1 is 1.25 bits per heavy atom. The molecule has 0 saturated carbocycles. The topological polar surface area (TPSA) is 64.3 Å². The van der Waals surface area contributed by atoms with E-state index < -0.39 is 11.7 Å². The highest BCUT2D eigenvalue weighted by Gasteiger charge is 2.08. The van der Waals surface area contributed by atoms with Gasteiger partial charge in [0.05, 0.1) is 0 Å². The van der Waals surface area contributed by atoms with Gasteiger partial charge in [0.15, 0.2) is 11.6 Å². The van der Waals surface area contributed by atoms with Gasteiger partial charge in [0, 0.05) is 12.1 Å². The second-order valence-electron chi connectivity index (χ2n) is 4.29. The third-order valence-corrected chi connectivity index (χ3v) is 2.75. The van der Waals surface area contributed by atoms with E-state index in [4.69, 9.17) is 10.5 Å². The van der Waals surface area contributed by atoms with Crippen LogP contribution in [0.15, 0.2) is 42.5 Å². The Kier molecular flexibility index (Phi) is 4.32. The van der Waals surface area contributed by atoms with Crippen LogP contribution in [0.1, 0.15) is 15.9 Å². The molecule has 0 unspecified atom stereocenters. The molecule has 0 aliphatic heterocycles. The van der Waals surface area contributed by atoms with Crippen LogP contribution in [0, 0.1) is 5.82 Å². The minimum Gasteiger partial charge on any atom is -0.454 e. The molecule has 1 amide bonds. The molecule has 104 valence electrons. The largest absolute Gasteiger partial charge is 0.454 e. The number of carbonyl (C=O) groups excluding carboxylic acids is 1. The molecule has 0 aliphatic carbocycles. The van der Waals surface area contributed by atoms with Gasteiger partial charge in [-0.25, -0.2) is 4.39 Å². The fourth-order valence-electron chi connectivity index (χ4n) is 1.74. The van der Waals surface area contributed by atoms with Crippen molar-refractivity contribution < 1.29 is 13.9 Å². The molecule has 0 aromatic heterocycles. The van der Waals surface area contributed by atoms with E-state index in [0.717, 1.165) is 18.2 Å². The summed E-state index contributed by atoms with van der Waals surface area (Å²) in [4.78, 5) is 10.9. The summed E-state index contributed by atoms with van der Waals surface area (Å²) in [5, 5.41) is 3.03. The average molecular weight is 274 g/mol. The average Bonchev–Trinajstić information content (AvgIpc) is 2.43. The maximum absolute atomic E-state index is 13.8. The maximum Gasteiger partial charge on any atom is 0.248 e. The van der Waals surface area contributed by atoms with Crippen molar-refractivity contribution in [1.82, 2.24) is 5.32 Å². The highest BCUT2D eigenvalue weighted by atomic mass is 19.1. The van der Waals surface area contributed by atoms with Crippen molar-refractivity contribution in [1.29, 1.82) is 0 Å². The zero-order valence-electron chi connectivity index (χ0n) is 11.0. The predicted octanol–water partition coefficient (Wildman–Crippen LogP) is 2.44. The van der Waals surface area contributed by atoms with E-state index in [1.165, 1.54) is 12.1 Å². The van der Waals surface area contributed by atoms with E-state index in [1.54, 1.807) is 12.1 Å². The van der Waals surface area contributed by atoms with E-state index in [1.807, 2.05) is 19.2 Å². The third kappa shape index (κ3) is 3.33. The molecular formula is C15H15FN2O2. The van der Waals surface area contributed by atoms with Crippen LogP contribution in [0.4, 0.5) is 4.39 Å². The Morgan fingerprint density at radius 3 is 2.50 bits per heavy atom. The Morgan fingerprint density at radius 2 is 1.95 bits per heavy atom. The first-order valence-electron chi connectivity index (χ1n) is 6.11. The number of nitrogens with two attached hydrogens (primary N) is 1. The molecule has 4 nitrogen and oxygen atoms in total. The van der Waals surface area contributed by atoms with E-state index >= 15 is 0 Å². The van der Waals surface area contributed by atoms with E-state index in [-0.39, 0.29) is 11.3 Å². The van der Waals surface area contributed by atoms with E-state index in [2.05, 4.69) is 5.32 Å². The molecule has 0 bridgehead atoms.